The van der Waals surface area contributed by atoms with Crippen LogP contribution in [0.15, 0.2) is 0 Å². The molecular weight excluding hydrogens is 154 g/mol. The highest BCUT2D eigenvalue weighted by Crippen LogP contribution is 1.98. The van der Waals surface area contributed by atoms with Crippen molar-refractivity contribution in [2.75, 3.05) is 0 Å². The predicted octanol–water partition coefficient (Wildman–Crippen LogP) is -2.41. The van der Waals surface area contributed by atoms with Crippen LogP contribution in [0.4, 0.5) is 0 Å². The molecule has 0 unspecified atom stereocenters. The van der Waals surface area contributed by atoms with Gasteiger partial charge in [0.05, 0.1) is 6.10 Å². The quantitative estimate of drug-likeness (QED) is 0.236. The Labute approximate surface area is 63.0 Å². The summed E-state index contributed by atoms with van der Waals surface area (Å²) in [6.45, 7) is 1.21. The Kier molecular flexibility index (Phi) is 3.98. The maximum Gasteiger partial charge on any atom is 0.274 e. The summed E-state index contributed by atoms with van der Waals surface area (Å²) in [4.78, 5) is 10.4. The van der Waals surface area contributed by atoms with Crippen LogP contribution < -0.4 is 5.48 Å². The molecule has 66 valence electrons. The maximum absolute atomic E-state index is 10.4. The van der Waals surface area contributed by atoms with E-state index in [2.05, 4.69) is 0 Å². The van der Waals surface area contributed by atoms with Gasteiger partial charge in [-0.2, -0.15) is 0 Å². The molecule has 1 amide bonds. The fourth-order valence-corrected chi connectivity index (χ4v) is 0.485. The van der Waals surface area contributed by atoms with Crippen molar-refractivity contribution in [3.8, 4) is 0 Å². The number of nitrogens with one attached hydrogen (secondary N) is 1. The van der Waals surface area contributed by atoms with Gasteiger partial charge in [0.2, 0.25) is 0 Å². The van der Waals surface area contributed by atoms with Crippen molar-refractivity contribution in [2.45, 2.75) is 25.2 Å². The molecular formula is C5H11NO5. The molecule has 0 heterocycles. The summed E-state index contributed by atoms with van der Waals surface area (Å²) in [5, 5.41) is 34.2. The monoisotopic (exact) mass is 165 g/mol. The van der Waals surface area contributed by atoms with Gasteiger partial charge in [0.25, 0.3) is 5.91 Å². The number of aliphatic hydroxyl groups is 3. The molecule has 0 saturated heterocycles. The van der Waals surface area contributed by atoms with Crippen LogP contribution in [0.2, 0.25) is 0 Å². The van der Waals surface area contributed by atoms with Crippen molar-refractivity contribution in [1.29, 1.82) is 0 Å². The molecule has 0 aliphatic heterocycles. The van der Waals surface area contributed by atoms with Crippen molar-refractivity contribution in [1.82, 2.24) is 5.48 Å². The van der Waals surface area contributed by atoms with Crippen LogP contribution in [-0.2, 0) is 4.79 Å². The van der Waals surface area contributed by atoms with Gasteiger partial charge in [0, 0.05) is 0 Å². The first-order chi connectivity index (χ1) is 5.00. The first-order valence-electron chi connectivity index (χ1n) is 2.99. The van der Waals surface area contributed by atoms with Crippen LogP contribution in [0.1, 0.15) is 6.92 Å². The van der Waals surface area contributed by atoms with Crippen molar-refractivity contribution in [2.24, 2.45) is 0 Å². The number of rotatable bonds is 3. The third kappa shape index (κ3) is 2.81. The van der Waals surface area contributed by atoms with E-state index in [0.717, 1.165) is 5.48 Å². The van der Waals surface area contributed by atoms with Crippen LogP contribution >= 0.6 is 0 Å². The average Bonchev–Trinajstić information content (AvgIpc) is 2.00. The molecule has 11 heavy (non-hydrogen) atoms. The second-order valence-electron chi connectivity index (χ2n) is 2.15. The summed E-state index contributed by atoms with van der Waals surface area (Å²) in [5.41, 5.74) is 1.14. The van der Waals surface area contributed by atoms with E-state index in [1.807, 2.05) is 0 Å². The first kappa shape index (κ1) is 10.3. The Balaban J connectivity index is 4.01. The van der Waals surface area contributed by atoms with Crippen molar-refractivity contribution in [3.63, 3.8) is 0 Å². The van der Waals surface area contributed by atoms with E-state index in [1.165, 1.54) is 6.92 Å². The van der Waals surface area contributed by atoms with E-state index < -0.39 is 24.2 Å². The third-order valence-corrected chi connectivity index (χ3v) is 1.20. The van der Waals surface area contributed by atoms with E-state index in [0.29, 0.717) is 0 Å². The Hall–Kier alpha value is -0.690. The van der Waals surface area contributed by atoms with Gasteiger partial charge in [-0.05, 0) is 6.92 Å². The number of hydrogen-bond donors (Lipinski definition) is 5. The molecule has 0 rings (SSSR count). The zero-order valence-corrected chi connectivity index (χ0v) is 5.93. The lowest BCUT2D eigenvalue weighted by atomic mass is 10.1. The Morgan fingerprint density at radius 2 is 1.82 bits per heavy atom. The van der Waals surface area contributed by atoms with Crippen molar-refractivity contribution in [3.05, 3.63) is 0 Å². The highest BCUT2D eigenvalue weighted by molar-refractivity contribution is 5.79. The SMILES string of the molecule is C[C@@H](O)[C@H](O)[C@H](O)C(=O)NO. The molecule has 6 heteroatoms. The zero-order chi connectivity index (χ0) is 9.02. The summed E-state index contributed by atoms with van der Waals surface area (Å²) in [6, 6.07) is 0. The Morgan fingerprint density at radius 3 is 2.09 bits per heavy atom. The molecule has 0 aromatic carbocycles. The molecule has 0 aliphatic carbocycles. The minimum absolute atomic E-state index is 1.14. The number of hydroxylamine groups is 1. The van der Waals surface area contributed by atoms with E-state index in [-0.39, 0.29) is 0 Å². The molecule has 0 fully saturated rings. The Bertz CT molecular complexity index is 137. The fraction of sp³-hybridized carbons (Fsp3) is 0.800. The minimum atomic E-state index is -1.82. The lowest BCUT2D eigenvalue weighted by Gasteiger charge is -2.17. The second-order valence-corrected chi connectivity index (χ2v) is 2.15. The summed E-state index contributed by atoms with van der Waals surface area (Å²) in [5.74, 6) is -1.15. The van der Waals surface area contributed by atoms with E-state index in [4.69, 9.17) is 20.5 Å². The van der Waals surface area contributed by atoms with Gasteiger partial charge in [-0.1, -0.05) is 0 Å². The van der Waals surface area contributed by atoms with Gasteiger partial charge in [-0.25, -0.2) is 5.48 Å². The molecule has 0 aliphatic rings. The first-order valence-corrected chi connectivity index (χ1v) is 2.99. The van der Waals surface area contributed by atoms with E-state index in [9.17, 15) is 4.79 Å². The number of carbonyl (C=O) groups is 1. The van der Waals surface area contributed by atoms with Crippen molar-refractivity contribution < 1.29 is 25.3 Å². The van der Waals surface area contributed by atoms with Crippen LogP contribution in [-0.4, -0.2) is 44.7 Å². The Morgan fingerprint density at radius 1 is 1.36 bits per heavy atom. The molecule has 0 radical (unpaired) electrons. The zero-order valence-electron chi connectivity index (χ0n) is 5.93. The molecule has 0 spiro atoms. The molecule has 0 saturated carbocycles. The maximum atomic E-state index is 10.4. The minimum Gasteiger partial charge on any atom is -0.391 e. The number of carbonyl (C=O) groups excluding carboxylic acids is 1. The van der Waals surface area contributed by atoms with Gasteiger partial charge in [0.15, 0.2) is 6.10 Å². The lowest BCUT2D eigenvalue weighted by molar-refractivity contribution is -0.148. The van der Waals surface area contributed by atoms with E-state index >= 15 is 0 Å². The highest BCUT2D eigenvalue weighted by atomic mass is 16.5. The number of amides is 1. The van der Waals surface area contributed by atoms with Gasteiger partial charge >= 0.3 is 0 Å². The summed E-state index contributed by atoms with van der Waals surface area (Å²) in [7, 11) is 0. The van der Waals surface area contributed by atoms with Gasteiger partial charge < -0.3 is 15.3 Å². The molecule has 5 N–H and O–H groups in total. The van der Waals surface area contributed by atoms with Gasteiger partial charge in [-0.3, -0.25) is 10.0 Å². The number of hydrogen-bond acceptors (Lipinski definition) is 5. The standard InChI is InChI=1S/C5H11NO5/c1-2(7)3(8)4(9)5(10)6-11/h2-4,7-9,11H,1H3,(H,6,10)/t2-,3+,4+/m1/s1. The third-order valence-electron chi connectivity index (χ3n) is 1.20. The van der Waals surface area contributed by atoms with Crippen LogP contribution in [0.25, 0.3) is 0 Å². The molecule has 3 atom stereocenters. The highest BCUT2D eigenvalue weighted by Gasteiger charge is 2.27. The van der Waals surface area contributed by atoms with Crippen LogP contribution in [0, 0.1) is 0 Å². The topological polar surface area (TPSA) is 110 Å². The fourth-order valence-electron chi connectivity index (χ4n) is 0.485. The second kappa shape index (κ2) is 4.24. The normalized spacial score (nSPS) is 18.6. The molecule has 0 bridgehead atoms. The van der Waals surface area contributed by atoms with Crippen molar-refractivity contribution >= 4 is 5.91 Å². The van der Waals surface area contributed by atoms with Gasteiger partial charge in [0.1, 0.15) is 6.10 Å². The summed E-state index contributed by atoms with van der Waals surface area (Å²) >= 11 is 0. The largest absolute Gasteiger partial charge is 0.391 e. The predicted molar refractivity (Wildman–Crippen MR) is 33.6 cm³/mol. The van der Waals surface area contributed by atoms with Gasteiger partial charge in [-0.15, -0.1) is 0 Å². The smallest absolute Gasteiger partial charge is 0.274 e. The molecule has 0 aromatic rings. The van der Waals surface area contributed by atoms with Crippen LogP contribution in [0.3, 0.4) is 0 Å². The number of aliphatic hydroxyl groups excluding tert-OH is 3. The lowest BCUT2D eigenvalue weighted by Crippen LogP contribution is -2.45. The van der Waals surface area contributed by atoms with Crippen LogP contribution in [0.5, 0.6) is 0 Å². The molecule has 0 aromatic heterocycles. The average molecular weight is 165 g/mol. The summed E-state index contributed by atoms with van der Waals surface area (Å²) < 4.78 is 0. The van der Waals surface area contributed by atoms with E-state index in [1.54, 1.807) is 0 Å². The summed E-state index contributed by atoms with van der Waals surface area (Å²) in [6.07, 6.45) is -4.65. The molecule has 6 nitrogen and oxygen atoms in total.